The van der Waals surface area contributed by atoms with Crippen LogP contribution in [0.25, 0.3) is 10.2 Å². The molecule has 11 heteroatoms. The Morgan fingerprint density at radius 1 is 1.35 bits per heavy atom. The Labute approximate surface area is 149 Å². The van der Waals surface area contributed by atoms with E-state index >= 15 is 0 Å². The second kappa shape index (κ2) is 7.56. The van der Waals surface area contributed by atoms with Gasteiger partial charge >= 0.3 is 12.1 Å². The van der Waals surface area contributed by atoms with Gasteiger partial charge in [-0.1, -0.05) is 12.1 Å². The van der Waals surface area contributed by atoms with Crippen molar-refractivity contribution < 1.29 is 37.7 Å². The van der Waals surface area contributed by atoms with E-state index in [9.17, 15) is 27.9 Å². The number of nitrogens with one attached hydrogen (secondary N) is 1. The van der Waals surface area contributed by atoms with E-state index in [1.165, 1.54) is 19.2 Å². The number of thiazole rings is 1. The Balaban J connectivity index is 2.32. The third-order valence-corrected chi connectivity index (χ3v) is 4.69. The van der Waals surface area contributed by atoms with E-state index in [4.69, 9.17) is 5.11 Å². The van der Waals surface area contributed by atoms with Crippen molar-refractivity contribution in [1.82, 2.24) is 10.3 Å². The first kappa shape index (κ1) is 20.1. The molecule has 2 aromatic rings. The van der Waals surface area contributed by atoms with Gasteiger partial charge in [0.05, 0.1) is 23.2 Å². The molecule has 1 heterocycles. The fraction of sp³-hybridized carbons (Fsp3) is 0.400. The molecule has 142 valence electrons. The first-order valence-electron chi connectivity index (χ1n) is 7.24. The topological polar surface area (TPSA) is 109 Å². The lowest BCUT2D eigenvalue weighted by Gasteiger charge is -2.28. The fourth-order valence-corrected chi connectivity index (χ4v) is 3.24. The summed E-state index contributed by atoms with van der Waals surface area (Å²) < 4.78 is 45.6. The summed E-state index contributed by atoms with van der Waals surface area (Å²) in [5, 5.41) is 20.4. The first-order valence-corrected chi connectivity index (χ1v) is 8.06. The standard InChI is InChI=1S/C15H15F3N2O5S/c1-25-7-9(12(22)23)19-11(21)6-14(24,15(16,17)18)13-20-8-4-2-3-5-10(8)26-13/h2-5,9,24H,6-7H2,1H3,(H,19,21)(H,22,23). The van der Waals surface area contributed by atoms with Crippen LogP contribution in [0.5, 0.6) is 0 Å². The van der Waals surface area contributed by atoms with Crippen LogP contribution in [0.2, 0.25) is 0 Å². The van der Waals surface area contributed by atoms with Crippen LogP contribution >= 0.6 is 11.3 Å². The summed E-state index contributed by atoms with van der Waals surface area (Å²) in [7, 11) is 1.18. The molecule has 0 aliphatic heterocycles. The van der Waals surface area contributed by atoms with E-state index in [1.807, 2.05) is 5.32 Å². The van der Waals surface area contributed by atoms with Crippen LogP contribution in [0.3, 0.4) is 0 Å². The van der Waals surface area contributed by atoms with Crippen molar-refractivity contribution >= 4 is 33.4 Å². The SMILES string of the molecule is COCC(NC(=O)CC(O)(c1nc2ccccc2s1)C(F)(F)F)C(=O)O. The lowest BCUT2D eigenvalue weighted by molar-refractivity contribution is -0.267. The Morgan fingerprint density at radius 3 is 2.54 bits per heavy atom. The summed E-state index contributed by atoms with van der Waals surface area (Å²) in [5.74, 6) is -2.77. The molecule has 1 aromatic heterocycles. The number of aromatic nitrogens is 1. The molecule has 0 aliphatic carbocycles. The van der Waals surface area contributed by atoms with Crippen LogP contribution in [0.1, 0.15) is 11.4 Å². The molecular formula is C15H15F3N2O5S. The number of hydrogen-bond acceptors (Lipinski definition) is 6. The minimum Gasteiger partial charge on any atom is -0.480 e. The second-order valence-electron chi connectivity index (χ2n) is 5.44. The normalized spacial score (nSPS) is 15.4. The average molecular weight is 392 g/mol. The number of hydrogen-bond donors (Lipinski definition) is 3. The number of carbonyl (C=O) groups excluding carboxylic acids is 1. The molecule has 0 fully saturated rings. The number of methoxy groups -OCH3 is 1. The number of para-hydroxylation sites is 1. The number of carboxylic acid groups (broad SMARTS) is 1. The molecule has 7 nitrogen and oxygen atoms in total. The third kappa shape index (κ3) is 4.11. The molecule has 2 rings (SSSR count). The molecule has 1 amide bonds. The summed E-state index contributed by atoms with van der Waals surface area (Å²) in [6.45, 7) is -0.438. The fourth-order valence-electron chi connectivity index (χ4n) is 2.17. The molecule has 0 saturated carbocycles. The van der Waals surface area contributed by atoms with Crippen LogP contribution in [-0.2, 0) is 19.9 Å². The number of ether oxygens (including phenoxy) is 1. The average Bonchev–Trinajstić information content (AvgIpc) is 2.97. The molecule has 0 aliphatic rings. The van der Waals surface area contributed by atoms with E-state index in [-0.39, 0.29) is 5.52 Å². The van der Waals surface area contributed by atoms with Gasteiger partial charge in [0, 0.05) is 7.11 Å². The Hall–Kier alpha value is -2.24. The van der Waals surface area contributed by atoms with Crippen LogP contribution in [0, 0.1) is 0 Å². The zero-order chi connectivity index (χ0) is 19.5. The summed E-state index contributed by atoms with van der Waals surface area (Å²) in [5.41, 5.74) is -3.30. The molecular weight excluding hydrogens is 377 g/mol. The van der Waals surface area contributed by atoms with Crippen LogP contribution in [0.15, 0.2) is 24.3 Å². The maximum Gasteiger partial charge on any atom is 0.424 e. The zero-order valence-corrected chi connectivity index (χ0v) is 14.2. The Bertz CT molecular complexity index is 777. The minimum atomic E-state index is -5.20. The van der Waals surface area contributed by atoms with Gasteiger partial charge < -0.3 is 20.3 Å². The van der Waals surface area contributed by atoms with Gasteiger partial charge in [0.2, 0.25) is 11.5 Å². The van der Waals surface area contributed by atoms with Gasteiger partial charge in [0.15, 0.2) is 6.04 Å². The number of rotatable bonds is 7. The van der Waals surface area contributed by atoms with E-state index in [1.54, 1.807) is 12.1 Å². The molecule has 0 radical (unpaired) electrons. The van der Waals surface area contributed by atoms with Crippen molar-refractivity contribution in [3.63, 3.8) is 0 Å². The number of aliphatic hydroxyl groups is 1. The van der Waals surface area contributed by atoms with Crippen molar-refractivity contribution in [3.05, 3.63) is 29.3 Å². The van der Waals surface area contributed by atoms with E-state index in [0.29, 0.717) is 16.0 Å². The van der Waals surface area contributed by atoms with Crippen molar-refractivity contribution in [1.29, 1.82) is 0 Å². The van der Waals surface area contributed by atoms with Crippen molar-refractivity contribution in [2.24, 2.45) is 0 Å². The lowest BCUT2D eigenvalue weighted by Crippen LogP contribution is -2.50. The number of fused-ring (bicyclic) bond motifs is 1. The number of alkyl halides is 3. The van der Waals surface area contributed by atoms with Gasteiger partial charge in [-0.15, -0.1) is 11.3 Å². The number of halogens is 3. The summed E-state index contributed by atoms with van der Waals surface area (Å²) >= 11 is 0.606. The maximum atomic E-state index is 13.5. The number of nitrogens with zero attached hydrogens (tertiary/aromatic N) is 1. The van der Waals surface area contributed by atoms with Crippen molar-refractivity contribution in [3.8, 4) is 0 Å². The van der Waals surface area contributed by atoms with Gasteiger partial charge in [-0.3, -0.25) is 4.79 Å². The van der Waals surface area contributed by atoms with Crippen molar-refractivity contribution in [2.45, 2.75) is 24.2 Å². The number of carboxylic acids is 1. The van der Waals surface area contributed by atoms with Gasteiger partial charge in [0.25, 0.3) is 0 Å². The van der Waals surface area contributed by atoms with E-state index < -0.39 is 47.7 Å². The predicted molar refractivity (Wildman–Crippen MR) is 85.6 cm³/mol. The maximum absolute atomic E-state index is 13.5. The molecule has 0 bridgehead atoms. The van der Waals surface area contributed by atoms with Gasteiger partial charge in [-0.2, -0.15) is 13.2 Å². The quantitative estimate of drug-likeness (QED) is 0.661. The van der Waals surface area contributed by atoms with Crippen LogP contribution in [0.4, 0.5) is 13.2 Å². The third-order valence-electron chi connectivity index (χ3n) is 3.50. The minimum absolute atomic E-state index is 0.248. The van der Waals surface area contributed by atoms with Gasteiger partial charge in [-0.25, -0.2) is 9.78 Å². The monoisotopic (exact) mass is 392 g/mol. The van der Waals surface area contributed by atoms with Crippen LogP contribution in [-0.4, -0.2) is 53.0 Å². The number of carbonyl (C=O) groups is 2. The summed E-state index contributed by atoms with van der Waals surface area (Å²) in [6, 6.07) is 4.65. The number of amides is 1. The predicted octanol–water partition coefficient (Wildman–Crippen LogP) is 1.65. The smallest absolute Gasteiger partial charge is 0.424 e. The largest absolute Gasteiger partial charge is 0.480 e. The molecule has 2 unspecified atom stereocenters. The number of benzene rings is 1. The highest BCUT2D eigenvalue weighted by atomic mass is 32.1. The molecule has 1 aromatic carbocycles. The molecule has 0 saturated heterocycles. The van der Waals surface area contributed by atoms with Gasteiger partial charge in [-0.05, 0) is 12.1 Å². The molecule has 26 heavy (non-hydrogen) atoms. The molecule has 2 atom stereocenters. The van der Waals surface area contributed by atoms with E-state index in [0.717, 1.165) is 0 Å². The number of aliphatic carboxylic acids is 1. The molecule has 3 N–H and O–H groups in total. The molecule has 0 spiro atoms. The van der Waals surface area contributed by atoms with Crippen LogP contribution < -0.4 is 5.32 Å². The highest BCUT2D eigenvalue weighted by molar-refractivity contribution is 7.18. The van der Waals surface area contributed by atoms with E-state index in [2.05, 4.69) is 9.72 Å². The lowest BCUT2D eigenvalue weighted by atomic mass is 9.99. The highest BCUT2D eigenvalue weighted by Gasteiger charge is 2.58. The van der Waals surface area contributed by atoms with Gasteiger partial charge in [0.1, 0.15) is 5.01 Å². The Morgan fingerprint density at radius 2 is 2.00 bits per heavy atom. The summed E-state index contributed by atoms with van der Waals surface area (Å²) in [6.07, 6.45) is -6.62. The van der Waals surface area contributed by atoms with Crippen molar-refractivity contribution in [2.75, 3.05) is 13.7 Å². The Kier molecular flexibility index (Phi) is 5.84. The zero-order valence-electron chi connectivity index (χ0n) is 13.4. The summed E-state index contributed by atoms with van der Waals surface area (Å²) in [4.78, 5) is 26.7. The highest BCUT2D eigenvalue weighted by Crippen LogP contribution is 2.44. The second-order valence-corrected chi connectivity index (χ2v) is 6.47. The first-order chi connectivity index (χ1) is 12.1.